The van der Waals surface area contributed by atoms with E-state index in [2.05, 4.69) is 20.9 Å². The maximum Gasteiger partial charge on any atom is 0.358 e. The maximum absolute atomic E-state index is 12.1. The van der Waals surface area contributed by atoms with Crippen molar-refractivity contribution in [1.29, 1.82) is 0 Å². The number of nitrogens with zero attached hydrogens (tertiary/aromatic N) is 2. The molecule has 1 aromatic carbocycles. The molecule has 0 amide bonds. The van der Waals surface area contributed by atoms with E-state index in [0.29, 0.717) is 21.6 Å². The molecule has 0 radical (unpaired) electrons. The van der Waals surface area contributed by atoms with Crippen LogP contribution in [-0.2, 0) is 4.74 Å². The van der Waals surface area contributed by atoms with Crippen molar-refractivity contribution in [3.05, 3.63) is 56.1 Å². The Kier molecular flexibility index (Phi) is 5.30. The van der Waals surface area contributed by atoms with Gasteiger partial charge in [-0.2, -0.15) is 0 Å². The Morgan fingerprint density at radius 2 is 2.00 bits per heavy atom. The number of imidazole rings is 1. The second kappa shape index (κ2) is 7.27. The second-order valence-electron chi connectivity index (χ2n) is 4.71. The molecule has 0 saturated heterocycles. The van der Waals surface area contributed by atoms with Crippen molar-refractivity contribution in [2.45, 2.75) is 6.92 Å². The highest BCUT2D eigenvalue weighted by Crippen LogP contribution is 2.36. The van der Waals surface area contributed by atoms with Gasteiger partial charge in [0.1, 0.15) is 0 Å². The van der Waals surface area contributed by atoms with Crippen molar-refractivity contribution in [3.8, 4) is 16.4 Å². The average Bonchev–Trinajstić information content (AvgIpc) is 3.14. The van der Waals surface area contributed by atoms with E-state index >= 15 is 0 Å². The molecule has 0 spiro atoms. The van der Waals surface area contributed by atoms with Gasteiger partial charge in [0.15, 0.2) is 11.5 Å². The smallest absolute Gasteiger partial charge is 0.358 e. The van der Waals surface area contributed by atoms with Crippen molar-refractivity contribution < 1.29 is 9.53 Å². The van der Waals surface area contributed by atoms with Crippen LogP contribution in [0.1, 0.15) is 17.4 Å². The van der Waals surface area contributed by atoms with Gasteiger partial charge in [0, 0.05) is 6.20 Å². The van der Waals surface area contributed by atoms with Crippen LogP contribution in [0.2, 0.25) is 10.0 Å². The van der Waals surface area contributed by atoms with Gasteiger partial charge >= 0.3 is 5.97 Å². The number of hydrogen-bond acceptors (Lipinski definition) is 4. The Morgan fingerprint density at radius 1 is 1.29 bits per heavy atom. The lowest BCUT2D eigenvalue weighted by atomic mass is 10.3. The van der Waals surface area contributed by atoms with Crippen molar-refractivity contribution in [3.63, 3.8) is 0 Å². The number of ether oxygens (including phenoxy) is 1. The van der Waals surface area contributed by atoms with E-state index in [4.69, 9.17) is 27.9 Å². The normalized spacial score (nSPS) is 10.8. The molecule has 2 heterocycles. The largest absolute Gasteiger partial charge is 0.461 e. The molecule has 3 aromatic rings. The lowest BCUT2D eigenvalue weighted by Gasteiger charge is -2.10. The first-order valence-corrected chi connectivity index (χ1v) is 9.34. The molecule has 8 heteroatoms. The molecule has 0 aliphatic rings. The van der Waals surface area contributed by atoms with Crippen LogP contribution in [0.3, 0.4) is 0 Å². The summed E-state index contributed by atoms with van der Waals surface area (Å²) in [5.41, 5.74) is 0.774. The molecule has 124 valence electrons. The molecule has 0 atom stereocenters. The summed E-state index contributed by atoms with van der Waals surface area (Å²) in [6.45, 7) is 2.02. The fourth-order valence-electron chi connectivity index (χ4n) is 2.18. The number of halogens is 3. The number of para-hydroxylation sites is 1. The lowest BCUT2D eigenvalue weighted by molar-refractivity contribution is 0.0520. The predicted octanol–water partition coefficient (Wildman–Crippen LogP) is 5.85. The molecule has 3 rings (SSSR count). The summed E-state index contributed by atoms with van der Waals surface area (Å²) >= 11 is 17.6. The SMILES string of the molecule is CCOC(=O)c1cn(-c2c(Cl)cccc2Cl)c(-c2ccc(Br)s2)n1. The Balaban J connectivity index is 2.21. The number of esters is 1. The van der Waals surface area contributed by atoms with Gasteiger partial charge in [-0.3, -0.25) is 4.57 Å². The Labute approximate surface area is 161 Å². The number of benzene rings is 1. The first-order valence-electron chi connectivity index (χ1n) is 6.98. The van der Waals surface area contributed by atoms with Gasteiger partial charge in [-0.1, -0.05) is 29.3 Å². The van der Waals surface area contributed by atoms with Crippen LogP contribution < -0.4 is 0 Å². The van der Waals surface area contributed by atoms with E-state index in [1.165, 1.54) is 11.3 Å². The number of hydrogen-bond donors (Lipinski definition) is 0. The number of aromatic nitrogens is 2. The van der Waals surface area contributed by atoms with Crippen LogP contribution in [0, 0.1) is 0 Å². The Morgan fingerprint density at radius 3 is 2.58 bits per heavy atom. The zero-order valence-corrected chi connectivity index (χ0v) is 16.3. The van der Waals surface area contributed by atoms with Crippen LogP contribution in [0.25, 0.3) is 16.4 Å². The molecule has 0 N–H and O–H groups in total. The molecular weight excluding hydrogens is 435 g/mol. The third-order valence-electron chi connectivity index (χ3n) is 3.16. The van der Waals surface area contributed by atoms with Gasteiger partial charge in [0.25, 0.3) is 0 Å². The van der Waals surface area contributed by atoms with Gasteiger partial charge in [-0.05, 0) is 47.1 Å². The number of carbonyl (C=O) groups excluding carboxylic acids is 1. The average molecular weight is 446 g/mol. The minimum Gasteiger partial charge on any atom is -0.461 e. The molecule has 0 aliphatic heterocycles. The molecular formula is C16H11BrCl2N2O2S. The summed E-state index contributed by atoms with van der Waals surface area (Å²) in [6, 6.07) is 9.06. The highest BCUT2D eigenvalue weighted by molar-refractivity contribution is 9.11. The predicted molar refractivity (Wildman–Crippen MR) is 101 cm³/mol. The molecule has 0 aliphatic carbocycles. The Bertz CT molecular complexity index is 887. The monoisotopic (exact) mass is 444 g/mol. The van der Waals surface area contributed by atoms with Crippen molar-refractivity contribution in [2.24, 2.45) is 0 Å². The first-order chi connectivity index (χ1) is 11.5. The third kappa shape index (κ3) is 3.37. The van der Waals surface area contributed by atoms with Gasteiger partial charge < -0.3 is 4.74 Å². The highest BCUT2D eigenvalue weighted by atomic mass is 79.9. The minimum absolute atomic E-state index is 0.201. The summed E-state index contributed by atoms with van der Waals surface area (Å²) in [7, 11) is 0. The molecule has 4 nitrogen and oxygen atoms in total. The van der Waals surface area contributed by atoms with Gasteiger partial charge in [0.2, 0.25) is 0 Å². The fraction of sp³-hybridized carbons (Fsp3) is 0.125. The molecule has 0 fully saturated rings. The quantitative estimate of drug-likeness (QED) is 0.473. The van der Waals surface area contributed by atoms with E-state index in [9.17, 15) is 4.79 Å². The maximum atomic E-state index is 12.1. The van der Waals surface area contributed by atoms with Crippen LogP contribution in [0.4, 0.5) is 0 Å². The summed E-state index contributed by atoms with van der Waals surface area (Å²) in [6.07, 6.45) is 1.59. The molecule has 24 heavy (non-hydrogen) atoms. The van der Waals surface area contributed by atoms with E-state index < -0.39 is 5.97 Å². The van der Waals surface area contributed by atoms with Gasteiger partial charge in [-0.25, -0.2) is 9.78 Å². The van der Waals surface area contributed by atoms with Crippen molar-refractivity contribution in [2.75, 3.05) is 6.61 Å². The topological polar surface area (TPSA) is 44.1 Å². The Hall–Kier alpha value is -1.34. The third-order valence-corrected chi connectivity index (χ3v) is 5.39. The second-order valence-corrected chi connectivity index (χ2v) is 7.99. The number of carbonyl (C=O) groups is 1. The molecule has 2 aromatic heterocycles. The summed E-state index contributed by atoms with van der Waals surface area (Å²) in [4.78, 5) is 17.4. The molecule has 0 bridgehead atoms. The summed E-state index contributed by atoms with van der Waals surface area (Å²) < 4.78 is 7.72. The van der Waals surface area contributed by atoms with Crippen LogP contribution in [-0.4, -0.2) is 22.1 Å². The van der Waals surface area contributed by atoms with Gasteiger partial charge in [-0.15, -0.1) is 11.3 Å². The zero-order valence-electron chi connectivity index (χ0n) is 12.4. The van der Waals surface area contributed by atoms with Crippen LogP contribution in [0.5, 0.6) is 0 Å². The van der Waals surface area contributed by atoms with Gasteiger partial charge in [0.05, 0.1) is 31.0 Å². The summed E-state index contributed by atoms with van der Waals surface area (Å²) in [5.74, 6) is 0.0834. The molecule has 0 saturated carbocycles. The molecule has 0 unspecified atom stereocenters. The van der Waals surface area contributed by atoms with Crippen molar-refractivity contribution in [1.82, 2.24) is 9.55 Å². The van der Waals surface area contributed by atoms with E-state index in [1.54, 1.807) is 35.9 Å². The van der Waals surface area contributed by atoms with E-state index in [0.717, 1.165) is 8.66 Å². The first kappa shape index (κ1) is 17.5. The van der Waals surface area contributed by atoms with E-state index in [1.807, 2.05) is 12.1 Å². The van der Waals surface area contributed by atoms with Crippen LogP contribution in [0.15, 0.2) is 40.3 Å². The standard InChI is InChI=1S/C16H11BrCl2N2O2S/c1-2-23-16(22)11-8-21(14-9(18)4-3-5-10(14)19)15(20-11)12-6-7-13(17)24-12/h3-8H,2H2,1H3. The zero-order chi connectivity index (χ0) is 17.3. The van der Waals surface area contributed by atoms with E-state index in [-0.39, 0.29) is 12.3 Å². The minimum atomic E-state index is -0.490. The lowest BCUT2D eigenvalue weighted by Crippen LogP contribution is -2.04. The van der Waals surface area contributed by atoms with Crippen LogP contribution >= 0.6 is 50.5 Å². The van der Waals surface area contributed by atoms with Crippen molar-refractivity contribution >= 4 is 56.4 Å². The summed E-state index contributed by atoms with van der Waals surface area (Å²) in [5, 5.41) is 0.930. The number of thiophene rings is 1. The highest BCUT2D eigenvalue weighted by Gasteiger charge is 2.21. The number of rotatable bonds is 4. The fourth-order valence-corrected chi connectivity index (χ4v) is 4.13.